The highest BCUT2D eigenvalue weighted by atomic mass is 127. The van der Waals surface area contributed by atoms with Gasteiger partial charge in [-0.2, -0.15) is 5.10 Å². The van der Waals surface area contributed by atoms with Crippen molar-refractivity contribution in [3.05, 3.63) is 52.3 Å². The quantitative estimate of drug-likeness (QED) is 0.252. The lowest BCUT2D eigenvalue weighted by Crippen LogP contribution is -2.38. The fraction of sp³-hybridized carbons (Fsp3) is 0.412. The Kier molecular flexibility index (Phi) is 10.9. The lowest BCUT2D eigenvalue weighted by atomic mass is 10.1. The molecule has 0 fully saturated rings. The number of nitrogens with one attached hydrogen (secondary N) is 2. The molecular formula is C17H24Cl2IN5. The van der Waals surface area contributed by atoms with Crippen LogP contribution in [0.5, 0.6) is 0 Å². The average Bonchev–Trinajstić information content (AvgIpc) is 3.08. The molecule has 25 heavy (non-hydrogen) atoms. The van der Waals surface area contributed by atoms with Gasteiger partial charge in [0.1, 0.15) is 0 Å². The molecule has 0 amide bonds. The Morgan fingerprint density at radius 3 is 2.60 bits per heavy atom. The zero-order chi connectivity index (χ0) is 17.2. The van der Waals surface area contributed by atoms with Crippen LogP contribution in [0.4, 0.5) is 0 Å². The summed E-state index contributed by atoms with van der Waals surface area (Å²) in [6, 6.07) is 7.57. The van der Waals surface area contributed by atoms with E-state index in [1.165, 1.54) is 0 Å². The topological polar surface area (TPSA) is 54.2 Å². The number of hydrogen-bond donors (Lipinski definition) is 2. The van der Waals surface area contributed by atoms with E-state index in [4.69, 9.17) is 23.2 Å². The van der Waals surface area contributed by atoms with Gasteiger partial charge in [0.15, 0.2) is 5.96 Å². The van der Waals surface area contributed by atoms with Crippen LogP contribution in [0.2, 0.25) is 10.0 Å². The van der Waals surface area contributed by atoms with Crippen molar-refractivity contribution < 1.29 is 0 Å². The maximum Gasteiger partial charge on any atom is 0.190 e. The fourth-order valence-corrected chi connectivity index (χ4v) is 2.81. The molecule has 0 saturated carbocycles. The highest BCUT2D eigenvalue weighted by molar-refractivity contribution is 14.0. The second kappa shape index (κ2) is 12.4. The molecule has 0 aliphatic heterocycles. The first-order valence-corrected chi connectivity index (χ1v) is 8.80. The van der Waals surface area contributed by atoms with E-state index in [1.54, 1.807) is 19.3 Å². The minimum atomic E-state index is 0. The highest BCUT2D eigenvalue weighted by Crippen LogP contribution is 2.21. The van der Waals surface area contributed by atoms with Gasteiger partial charge < -0.3 is 10.6 Å². The molecule has 0 aliphatic rings. The Balaban J connectivity index is 0.00000312. The van der Waals surface area contributed by atoms with Crippen LogP contribution in [0.15, 0.2) is 41.7 Å². The van der Waals surface area contributed by atoms with Gasteiger partial charge in [-0.25, -0.2) is 0 Å². The van der Waals surface area contributed by atoms with E-state index in [2.05, 4.69) is 20.7 Å². The number of nitrogens with zero attached hydrogens (tertiary/aromatic N) is 3. The molecule has 0 radical (unpaired) electrons. The molecule has 0 aliphatic carbocycles. The molecule has 0 atom stereocenters. The van der Waals surface area contributed by atoms with E-state index < -0.39 is 0 Å². The number of aromatic nitrogens is 2. The minimum Gasteiger partial charge on any atom is -0.356 e. The number of aliphatic imine (C=N–C) groups is 1. The third kappa shape index (κ3) is 8.29. The average molecular weight is 496 g/mol. The summed E-state index contributed by atoms with van der Waals surface area (Å²) >= 11 is 12.1. The molecule has 1 heterocycles. The Morgan fingerprint density at radius 1 is 1.20 bits per heavy atom. The largest absolute Gasteiger partial charge is 0.356 e. The smallest absolute Gasteiger partial charge is 0.190 e. The van der Waals surface area contributed by atoms with Crippen molar-refractivity contribution in [1.29, 1.82) is 0 Å². The summed E-state index contributed by atoms with van der Waals surface area (Å²) in [5, 5.41) is 12.2. The lowest BCUT2D eigenvalue weighted by Gasteiger charge is -2.12. The van der Waals surface area contributed by atoms with Crippen molar-refractivity contribution in [2.24, 2.45) is 4.99 Å². The Bertz CT molecular complexity index is 646. The van der Waals surface area contributed by atoms with Crippen molar-refractivity contribution in [2.45, 2.75) is 25.8 Å². The number of guanidine groups is 1. The van der Waals surface area contributed by atoms with Crippen LogP contribution in [0.3, 0.4) is 0 Å². The summed E-state index contributed by atoms with van der Waals surface area (Å²) in [6.45, 7) is 2.58. The van der Waals surface area contributed by atoms with Crippen molar-refractivity contribution in [3.8, 4) is 0 Å². The van der Waals surface area contributed by atoms with Crippen molar-refractivity contribution in [1.82, 2.24) is 20.4 Å². The second-order valence-corrected chi connectivity index (χ2v) is 6.23. The SMILES string of the molecule is CN=C(NCCCc1ccc(Cl)cc1Cl)NCCCn1cccn1.I. The van der Waals surface area contributed by atoms with Gasteiger partial charge >= 0.3 is 0 Å². The summed E-state index contributed by atoms with van der Waals surface area (Å²) in [5.74, 6) is 0.817. The van der Waals surface area contributed by atoms with Gasteiger partial charge in [0, 0.05) is 49.1 Å². The Labute approximate surface area is 176 Å². The molecule has 8 heteroatoms. The fourth-order valence-electron chi connectivity index (χ4n) is 2.31. The van der Waals surface area contributed by atoms with Gasteiger partial charge in [-0.05, 0) is 43.0 Å². The zero-order valence-electron chi connectivity index (χ0n) is 14.2. The minimum absolute atomic E-state index is 0. The van der Waals surface area contributed by atoms with Crippen molar-refractivity contribution in [2.75, 3.05) is 20.1 Å². The molecule has 2 aromatic rings. The van der Waals surface area contributed by atoms with E-state index in [0.29, 0.717) is 5.02 Å². The molecule has 2 rings (SSSR count). The lowest BCUT2D eigenvalue weighted by molar-refractivity contribution is 0.570. The van der Waals surface area contributed by atoms with Crippen LogP contribution < -0.4 is 10.6 Å². The van der Waals surface area contributed by atoms with Gasteiger partial charge in [-0.15, -0.1) is 24.0 Å². The predicted molar refractivity (Wildman–Crippen MR) is 116 cm³/mol. The number of benzene rings is 1. The van der Waals surface area contributed by atoms with E-state index in [1.807, 2.05) is 29.1 Å². The third-order valence-corrected chi connectivity index (χ3v) is 4.16. The number of aryl methyl sites for hydroxylation is 2. The van der Waals surface area contributed by atoms with Gasteiger partial charge in [0.05, 0.1) is 0 Å². The molecule has 0 saturated heterocycles. The maximum atomic E-state index is 6.18. The van der Waals surface area contributed by atoms with Crippen LogP contribution in [0.25, 0.3) is 0 Å². The van der Waals surface area contributed by atoms with E-state index in [-0.39, 0.29) is 24.0 Å². The molecule has 138 valence electrons. The molecule has 1 aromatic heterocycles. The first-order chi connectivity index (χ1) is 11.7. The van der Waals surface area contributed by atoms with Gasteiger partial charge in [-0.3, -0.25) is 9.67 Å². The summed E-state index contributed by atoms with van der Waals surface area (Å²) in [4.78, 5) is 4.22. The van der Waals surface area contributed by atoms with Crippen LogP contribution in [-0.2, 0) is 13.0 Å². The van der Waals surface area contributed by atoms with Crippen LogP contribution in [0, 0.1) is 0 Å². The van der Waals surface area contributed by atoms with Crippen LogP contribution >= 0.6 is 47.2 Å². The molecule has 2 N–H and O–H groups in total. The number of hydrogen-bond acceptors (Lipinski definition) is 2. The van der Waals surface area contributed by atoms with E-state index in [9.17, 15) is 0 Å². The monoisotopic (exact) mass is 495 g/mol. The first-order valence-electron chi connectivity index (χ1n) is 8.05. The first kappa shape index (κ1) is 22.1. The van der Waals surface area contributed by atoms with Crippen LogP contribution in [0.1, 0.15) is 18.4 Å². The molecule has 0 bridgehead atoms. The summed E-state index contributed by atoms with van der Waals surface area (Å²) < 4.78 is 1.92. The van der Waals surface area contributed by atoms with E-state index >= 15 is 0 Å². The number of halogens is 3. The Hall–Kier alpha value is -0.990. The van der Waals surface area contributed by atoms with Crippen LogP contribution in [-0.4, -0.2) is 35.9 Å². The second-order valence-electron chi connectivity index (χ2n) is 5.39. The predicted octanol–water partition coefficient (Wildman–Crippen LogP) is 4.00. The normalized spacial score (nSPS) is 11.1. The molecule has 5 nitrogen and oxygen atoms in total. The zero-order valence-corrected chi connectivity index (χ0v) is 18.1. The molecule has 0 spiro atoms. The maximum absolute atomic E-state index is 6.18. The standard InChI is InChI=1S/C17H23Cl2N5.HI/c1-20-17(22-9-3-11-24-12-4-10-23-24)21-8-2-5-14-6-7-15(18)13-16(14)19;/h4,6-7,10,12-13H,2-3,5,8-9,11H2,1H3,(H2,20,21,22);1H. The summed E-state index contributed by atoms with van der Waals surface area (Å²) in [5.41, 5.74) is 1.12. The van der Waals surface area contributed by atoms with Gasteiger partial charge in [-0.1, -0.05) is 29.3 Å². The molecule has 1 aromatic carbocycles. The molecular weight excluding hydrogens is 472 g/mol. The third-order valence-electron chi connectivity index (χ3n) is 3.57. The van der Waals surface area contributed by atoms with Gasteiger partial charge in [0.2, 0.25) is 0 Å². The highest BCUT2D eigenvalue weighted by Gasteiger charge is 2.02. The Morgan fingerprint density at radius 2 is 1.96 bits per heavy atom. The summed E-state index contributed by atoms with van der Waals surface area (Å²) in [6.07, 6.45) is 6.62. The van der Waals surface area contributed by atoms with E-state index in [0.717, 1.165) is 55.4 Å². The summed E-state index contributed by atoms with van der Waals surface area (Å²) in [7, 11) is 1.78. The van der Waals surface area contributed by atoms with Crippen molar-refractivity contribution >= 4 is 53.1 Å². The van der Waals surface area contributed by atoms with Gasteiger partial charge in [0.25, 0.3) is 0 Å². The number of rotatable bonds is 8. The molecule has 0 unspecified atom stereocenters. The van der Waals surface area contributed by atoms with Crippen molar-refractivity contribution in [3.63, 3.8) is 0 Å².